The third-order valence-electron chi connectivity index (χ3n) is 2.90. The summed E-state index contributed by atoms with van der Waals surface area (Å²) in [7, 11) is 0. The molecule has 0 saturated heterocycles. The normalized spacial score (nSPS) is 16.2. The highest BCUT2D eigenvalue weighted by Crippen LogP contribution is 2.13. The van der Waals surface area contributed by atoms with Crippen LogP contribution < -0.4 is 5.73 Å². The van der Waals surface area contributed by atoms with Crippen LogP contribution in [0, 0.1) is 5.92 Å². The van der Waals surface area contributed by atoms with Crippen LogP contribution in [0.15, 0.2) is 24.8 Å². The molecule has 0 aliphatic heterocycles. The van der Waals surface area contributed by atoms with Crippen molar-refractivity contribution in [2.75, 3.05) is 6.61 Å². The van der Waals surface area contributed by atoms with Crippen molar-refractivity contribution in [2.24, 2.45) is 11.7 Å². The monoisotopic (exact) mass is 253 g/mol. The van der Waals surface area contributed by atoms with Crippen molar-refractivity contribution in [1.82, 2.24) is 0 Å². The fourth-order valence-corrected chi connectivity index (χ4v) is 1.51. The molecule has 0 aromatic carbocycles. The number of esters is 1. The van der Waals surface area contributed by atoms with Gasteiger partial charge in [-0.05, 0) is 25.7 Å². The zero-order valence-corrected chi connectivity index (χ0v) is 11.9. The number of allylic oxidation sites excluding steroid dienone is 3. The molecule has 0 bridgehead atoms. The molecule has 0 spiro atoms. The molecule has 0 heterocycles. The molecule has 0 amide bonds. The fraction of sp³-hybridized carbons (Fsp3) is 0.667. The van der Waals surface area contributed by atoms with E-state index in [0.29, 0.717) is 18.9 Å². The Morgan fingerprint density at radius 2 is 2.22 bits per heavy atom. The van der Waals surface area contributed by atoms with E-state index in [1.807, 2.05) is 12.2 Å². The van der Waals surface area contributed by atoms with Gasteiger partial charge in [-0.1, -0.05) is 51.5 Å². The van der Waals surface area contributed by atoms with Crippen LogP contribution >= 0.6 is 0 Å². The first-order valence-electron chi connectivity index (χ1n) is 6.69. The summed E-state index contributed by atoms with van der Waals surface area (Å²) in [6, 6.07) is 0. The van der Waals surface area contributed by atoms with Crippen LogP contribution in [0.3, 0.4) is 0 Å². The lowest BCUT2D eigenvalue weighted by molar-refractivity contribution is -0.150. The van der Waals surface area contributed by atoms with E-state index >= 15 is 0 Å². The van der Waals surface area contributed by atoms with Gasteiger partial charge in [0.2, 0.25) is 0 Å². The fourth-order valence-electron chi connectivity index (χ4n) is 1.51. The molecule has 0 aliphatic rings. The zero-order chi connectivity index (χ0) is 14.0. The molecule has 0 radical (unpaired) electrons. The van der Waals surface area contributed by atoms with E-state index in [1.54, 1.807) is 13.0 Å². The highest BCUT2D eigenvalue weighted by Gasteiger charge is 2.29. The standard InChI is InChI=1S/C15H27NO2/c1-5-7-9-13(3)10-12-18-14(17)15(4,16)11-8-6-2/h5,7,9,13H,1,6,8,10-12,16H2,2-4H3/b9-7-. The molecular formula is C15H27NO2. The summed E-state index contributed by atoms with van der Waals surface area (Å²) in [5.41, 5.74) is 5.09. The summed E-state index contributed by atoms with van der Waals surface area (Å²) in [5.74, 6) is 0.0753. The number of ether oxygens (including phenoxy) is 1. The zero-order valence-electron chi connectivity index (χ0n) is 11.9. The number of carbonyl (C=O) groups excluding carboxylic acids is 1. The lowest BCUT2D eigenvalue weighted by atomic mass is 9.96. The van der Waals surface area contributed by atoms with Crippen LogP contribution in [0.25, 0.3) is 0 Å². The highest BCUT2D eigenvalue weighted by molar-refractivity contribution is 5.79. The average Bonchev–Trinajstić information content (AvgIpc) is 2.33. The van der Waals surface area contributed by atoms with Gasteiger partial charge in [0.15, 0.2) is 0 Å². The molecule has 0 aliphatic carbocycles. The van der Waals surface area contributed by atoms with Crippen molar-refractivity contribution >= 4 is 5.97 Å². The predicted octanol–water partition coefficient (Wildman–Crippen LogP) is 3.21. The van der Waals surface area contributed by atoms with Crippen LogP contribution in [0.5, 0.6) is 0 Å². The molecule has 18 heavy (non-hydrogen) atoms. The Kier molecular flexibility index (Phi) is 8.38. The summed E-state index contributed by atoms with van der Waals surface area (Å²) in [5, 5.41) is 0. The minimum Gasteiger partial charge on any atom is -0.464 e. The predicted molar refractivity (Wildman–Crippen MR) is 76.2 cm³/mol. The van der Waals surface area contributed by atoms with Gasteiger partial charge in [0.25, 0.3) is 0 Å². The molecule has 0 fully saturated rings. The third-order valence-corrected chi connectivity index (χ3v) is 2.90. The quantitative estimate of drug-likeness (QED) is 0.507. The van der Waals surface area contributed by atoms with Gasteiger partial charge in [-0.15, -0.1) is 0 Å². The van der Waals surface area contributed by atoms with E-state index in [-0.39, 0.29) is 5.97 Å². The maximum Gasteiger partial charge on any atom is 0.325 e. The van der Waals surface area contributed by atoms with Crippen LogP contribution in [-0.4, -0.2) is 18.1 Å². The van der Waals surface area contributed by atoms with E-state index in [0.717, 1.165) is 19.3 Å². The average molecular weight is 253 g/mol. The second kappa shape index (κ2) is 8.92. The molecule has 0 rings (SSSR count). The Morgan fingerprint density at radius 1 is 1.56 bits per heavy atom. The molecule has 0 aromatic rings. The molecule has 3 nitrogen and oxygen atoms in total. The molecule has 2 atom stereocenters. The number of rotatable bonds is 9. The lowest BCUT2D eigenvalue weighted by Crippen LogP contribution is -2.46. The van der Waals surface area contributed by atoms with Crippen LogP contribution in [-0.2, 0) is 9.53 Å². The Labute approximate surface area is 111 Å². The molecule has 2 unspecified atom stereocenters. The van der Waals surface area contributed by atoms with E-state index in [2.05, 4.69) is 20.4 Å². The summed E-state index contributed by atoms with van der Waals surface area (Å²) < 4.78 is 5.23. The molecule has 0 saturated carbocycles. The first-order chi connectivity index (χ1) is 8.44. The summed E-state index contributed by atoms with van der Waals surface area (Å²) in [6.45, 7) is 9.93. The van der Waals surface area contributed by atoms with E-state index in [1.165, 1.54) is 0 Å². The van der Waals surface area contributed by atoms with Gasteiger partial charge < -0.3 is 10.5 Å². The van der Waals surface area contributed by atoms with E-state index < -0.39 is 5.54 Å². The van der Waals surface area contributed by atoms with Gasteiger partial charge in [-0.2, -0.15) is 0 Å². The van der Waals surface area contributed by atoms with Gasteiger partial charge in [-0.25, -0.2) is 0 Å². The van der Waals surface area contributed by atoms with E-state index in [4.69, 9.17) is 10.5 Å². The van der Waals surface area contributed by atoms with Crippen LogP contribution in [0.4, 0.5) is 0 Å². The number of unbranched alkanes of at least 4 members (excludes halogenated alkanes) is 1. The highest BCUT2D eigenvalue weighted by atomic mass is 16.5. The number of hydrogen-bond donors (Lipinski definition) is 1. The summed E-state index contributed by atoms with van der Waals surface area (Å²) in [6.07, 6.45) is 9.14. The summed E-state index contributed by atoms with van der Waals surface area (Å²) in [4.78, 5) is 11.8. The van der Waals surface area contributed by atoms with Crippen molar-refractivity contribution < 1.29 is 9.53 Å². The van der Waals surface area contributed by atoms with Crippen molar-refractivity contribution in [3.05, 3.63) is 24.8 Å². The Hall–Kier alpha value is -1.09. The van der Waals surface area contributed by atoms with Gasteiger partial charge in [-0.3, -0.25) is 4.79 Å². The van der Waals surface area contributed by atoms with Gasteiger partial charge in [0.1, 0.15) is 5.54 Å². The first-order valence-corrected chi connectivity index (χ1v) is 6.69. The maximum absolute atomic E-state index is 11.8. The second-order valence-corrected chi connectivity index (χ2v) is 5.04. The van der Waals surface area contributed by atoms with Gasteiger partial charge in [0.05, 0.1) is 6.61 Å². The van der Waals surface area contributed by atoms with Crippen molar-refractivity contribution in [3.8, 4) is 0 Å². The molecule has 104 valence electrons. The minimum atomic E-state index is -0.851. The number of carbonyl (C=O) groups is 1. The minimum absolute atomic E-state index is 0.296. The SMILES string of the molecule is C=C/C=C\C(C)CCOC(=O)C(C)(N)CCCC. The van der Waals surface area contributed by atoms with Crippen LogP contribution in [0.2, 0.25) is 0 Å². The lowest BCUT2D eigenvalue weighted by Gasteiger charge is -2.22. The number of hydrogen-bond acceptors (Lipinski definition) is 3. The van der Waals surface area contributed by atoms with Crippen molar-refractivity contribution in [2.45, 2.75) is 52.0 Å². The first kappa shape index (κ1) is 16.9. The molecule has 2 N–H and O–H groups in total. The Bertz CT molecular complexity index is 282. The van der Waals surface area contributed by atoms with Crippen LogP contribution in [0.1, 0.15) is 46.5 Å². The molecular weight excluding hydrogens is 226 g/mol. The molecule has 0 aromatic heterocycles. The van der Waals surface area contributed by atoms with Gasteiger partial charge >= 0.3 is 5.97 Å². The van der Waals surface area contributed by atoms with Crippen molar-refractivity contribution in [1.29, 1.82) is 0 Å². The second-order valence-electron chi connectivity index (χ2n) is 5.04. The largest absolute Gasteiger partial charge is 0.464 e. The smallest absolute Gasteiger partial charge is 0.325 e. The Balaban J connectivity index is 3.95. The Morgan fingerprint density at radius 3 is 2.78 bits per heavy atom. The number of nitrogens with two attached hydrogens (primary N) is 1. The van der Waals surface area contributed by atoms with Gasteiger partial charge in [0, 0.05) is 0 Å². The maximum atomic E-state index is 11.8. The third kappa shape index (κ3) is 7.28. The topological polar surface area (TPSA) is 52.3 Å². The van der Waals surface area contributed by atoms with Crippen molar-refractivity contribution in [3.63, 3.8) is 0 Å². The molecule has 3 heteroatoms. The van der Waals surface area contributed by atoms with E-state index in [9.17, 15) is 4.79 Å². The summed E-state index contributed by atoms with van der Waals surface area (Å²) >= 11 is 0.